The summed E-state index contributed by atoms with van der Waals surface area (Å²) in [5.74, 6) is 0. The maximum Gasteiger partial charge on any atom is 0.315 e. The third kappa shape index (κ3) is 5.07. The zero-order valence-corrected chi connectivity index (χ0v) is 14.1. The molecule has 0 spiro atoms. The Bertz CT molecular complexity index is 593. The average molecular weight is 322 g/mol. The number of pyridine rings is 1. The number of carbonyl (C=O) groups is 1. The minimum Gasteiger partial charge on any atom is -0.379 e. The third-order valence-electron chi connectivity index (χ3n) is 4.15. The largest absolute Gasteiger partial charge is 0.379 e. The zero-order chi connectivity index (χ0) is 16.8. The number of hydrogen-bond donors (Lipinski definition) is 3. The van der Waals surface area contributed by atoms with E-state index in [0.29, 0.717) is 12.1 Å². The summed E-state index contributed by atoms with van der Waals surface area (Å²) in [7, 11) is 0. The van der Waals surface area contributed by atoms with Gasteiger partial charge in [0.25, 0.3) is 5.56 Å². The molecule has 7 heteroatoms. The Balaban J connectivity index is 1.78. The lowest BCUT2D eigenvalue weighted by molar-refractivity contribution is 0.0209. The summed E-state index contributed by atoms with van der Waals surface area (Å²) in [6.45, 7) is 9.85. The molecule has 0 bridgehead atoms. The van der Waals surface area contributed by atoms with Crippen LogP contribution in [0, 0.1) is 13.8 Å². The summed E-state index contributed by atoms with van der Waals surface area (Å²) in [4.78, 5) is 28.9. The second-order valence-corrected chi connectivity index (χ2v) is 6.00. The molecule has 7 nitrogen and oxygen atoms in total. The van der Waals surface area contributed by atoms with Crippen molar-refractivity contribution in [2.45, 2.75) is 33.4 Å². The van der Waals surface area contributed by atoms with Crippen molar-refractivity contribution in [2.24, 2.45) is 0 Å². The molecule has 2 rings (SSSR count). The molecule has 128 valence electrons. The second kappa shape index (κ2) is 8.12. The summed E-state index contributed by atoms with van der Waals surface area (Å²) in [6, 6.07) is 1.90. The maximum atomic E-state index is 11.9. The molecule has 0 saturated carbocycles. The van der Waals surface area contributed by atoms with Crippen LogP contribution in [0.3, 0.4) is 0 Å². The van der Waals surface area contributed by atoms with Gasteiger partial charge < -0.3 is 20.4 Å². The van der Waals surface area contributed by atoms with E-state index in [4.69, 9.17) is 4.74 Å². The highest BCUT2D eigenvalue weighted by Crippen LogP contribution is 2.04. The van der Waals surface area contributed by atoms with Crippen LogP contribution in [0.1, 0.15) is 23.7 Å². The van der Waals surface area contributed by atoms with Gasteiger partial charge in [0.2, 0.25) is 0 Å². The van der Waals surface area contributed by atoms with E-state index in [0.717, 1.165) is 37.6 Å². The van der Waals surface area contributed by atoms with Crippen molar-refractivity contribution in [2.75, 3.05) is 32.8 Å². The van der Waals surface area contributed by atoms with E-state index in [2.05, 4.69) is 27.4 Å². The molecular weight excluding hydrogens is 296 g/mol. The molecular formula is C16H26N4O3. The van der Waals surface area contributed by atoms with Crippen molar-refractivity contribution in [1.29, 1.82) is 0 Å². The SMILES string of the molecule is Cc1cc(C)c(CNC(=O)NC[C@H](C)N2CCOCC2)c(=O)[nH]1. The number of carbonyl (C=O) groups excluding carboxylic acids is 1. The molecule has 1 aliphatic heterocycles. The lowest BCUT2D eigenvalue weighted by Crippen LogP contribution is -2.48. The minimum atomic E-state index is -0.260. The van der Waals surface area contributed by atoms with Crippen LogP contribution in [0.4, 0.5) is 4.79 Å². The topological polar surface area (TPSA) is 86.5 Å². The van der Waals surface area contributed by atoms with Gasteiger partial charge in [-0.25, -0.2) is 4.79 Å². The van der Waals surface area contributed by atoms with Gasteiger partial charge in [-0.15, -0.1) is 0 Å². The molecule has 1 aromatic heterocycles. The lowest BCUT2D eigenvalue weighted by atomic mass is 10.1. The molecule has 0 unspecified atom stereocenters. The minimum absolute atomic E-state index is 0.149. The van der Waals surface area contributed by atoms with Gasteiger partial charge >= 0.3 is 6.03 Å². The van der Waals surface area contributed by atoms with Gasteiger partial charge in [-0.2, -0.15) is 0 Å². The number of aryl methyl sites for hydroxylation is 2. The van der Waals surface area contributed by atoms with Crippen LogP contribution in [-0.4, -0.2) is 54.8 Å². The van der Waals surface area contributed by atoms with Crippen LogP contribution in [0.2, 0.25) is 0 Å². The number of morpholine rings is 1. The molecule has 0 aliphatic carbocycles. The quantitative estimate of drug-likeness (QED) is 0.737. The third-order valence-corrected chi connectivity index (χ3v) is 4.15. The van der Waals surface area contributed by atoms with Crippen LogP contribution in [-0.2, 0) is 11.3 Å². The van der Waals surface area contributed by atoms with E-state index in [1.165, 1.54) is 0 Å². The van der Waals surface area contributed by atoms with E-state index in [1.807, 2.05) is 19.9 Å². The summed E-state index contributed by atoms with van der Waals surface area (Å²) in [5, 5.41) is 5.60. The number of ether oxygens (including phenoxy) is 1. The first kappa shape index (κ1) is 17.5. The fourth-order valence-corrected chi connectivity index (χ4v) is 2.72. The van der Waals surface area contributed by atoms with Gasteiger partial charge in [-0.1, -0.05) is 0 Å². The standard InChI is InChI=1S/C16H26N4O3/c1-11-8-12(2)19-15(21)14(11)10-18-16(22)17-9-13(3)20-4-6-23-7-5-20/h8,13H,4-7,9-10H2,1-3H3,(H,19,21)(H2,17,18,22)/t13-/m0/s1. The Hall–Kier alpha value is -1.86. The van der Waals surface area contributed by atoms with Crippen LogP contribution < -0.4 is 16.2 Å². The molecule has 1 saturated heterocycles. The first-order chi connectivity index (χ1) is 11.0. The number of urea groups is 1. The van der Waals surface area contributed by atoms with Crippen LogP contribution >= 0.6 is 0 Å². The molecule has 23 heavy (non-hydrogen) atoms. The number of amides is 2. The number of H-pyrrole nitrogens is 1. The van der Waals surface area contributed by atoms with Gasteiger partial charge in [0.05, 0.1) is 19.8 Å². The Morgan fingerprint density at radius 3 is 2.70 bits per heavy atom. The van der Waals surface area contributed by atoms with Gasteiger partial charge in [-0.05, 0) is 32.4 Å². The fraction of sp³-hybridized carbons (Fsp3) is 0.625. The van der Waals surface area contributed by atoms with Crippen molar-refractivity contribution < 1.29 is 9.53 Å². The van der Waals surface area contributed by atoms with Crippen molar-refractivity contribution in [3.63, 3.8) is 0 Å². The van der Waals surface area contributed by atoms with E-state index >= 15 is 0 Å². The van der Waals surface area contributed by atoms with Gasteiger partial charge in [-0.3, -0.25) is 9.69 Å². The summed E-state index contributed by atoms with van der Waals surface area (Å²) < 4.78 is 5.32. The monoisotopic (exact) mass is 322 g/mol. The Labute approximate surface area is 136 Å². The van der Waals surface area contributed by atoms with Crippen LogP contribution in [0.5, 0.6) is 0 Å². The maximum absolute atomic E-state index is 11.9. The summed E-state index contributed by atoms with van der Waals surface area (Å²) in [6.07, 6.45) is 0. The summed E-state index contributed by atoms with van der Waals surface area (Å²) >= 11 is 0. The number of hydrogen-bond acceptors (Lipinski definition) is 4. The molecule has 1 fully saturated rings. The van der Waals surface area contributed by atoms with Crippen LogP contribution in [0.15, 0.2) is 10.9 Å². The molecule has 1 aliphatic rings. The van der Waals surface area contributed by atoms with Crippen LogP contribution in [0.25, 0.3) is 0 Å². The highest BCUT2D eigenvalue weighted by atomic mass is 16.5. The number of aromatic amines is 1. The molecule has 2 heterocycles. The normalized spacial score (nSPS) is 16.8. The first-order valence-corrected chi connectivity index (χ1v) is 8.00. The zero-order valence-electron chi connectivity index (χ0n) is 14.1. The number of nitrogens with zero attached hydrogens (tertiary/aromatic N) is 1. The molecule has 0 radical (unpaired) electrons. The Morgan fingerprint density at radius 2 is 2.04 bits per heavy atom. The molecule has 1 atom stereocenters. The Kier molecular flexibility index (Phi) is 6.18. The lowest BCUT2D eigenvalue weighted by Gasteiger charge is -2.32. The van der Waals surface area contributed by atoms with Crippen molar-refractivity contribution in [1.82, 2.24) is 20.5 Å². The summed E-state index contributed by atoms with van der Waals surface area (Å²) in [5.41, 5.74) is 2.14. The molecule has 2 amide bonds. The number of aromatic nitrogens is 1. The van der Waals surface area contributed by atoms with Crippen molar-refractivity contribution in [3.05, 3.63) is 33.2 Å². The van der Waals surface area contributed by atoms with Gasteiger partial charge in [0.15, 0.2) is 0 Å². The first-order valence-electron chi connectivity index (χ1n) is 8.00. The van der Waals surface area contributed by atoms with E-state index in [1.54, 1.807) is 0 Å². The predicted octanol–water partition coefficient (Wildman–Crippen LogP) is 0.512. The molecule has 3 N–H and O–H groups in total. The van der Waals surface area contributed by atoms with Crippen molar-refractivity contribution >= 4 is 6.03 Å². The average Bonchev–Trinajstić information content (AvgIpc) is 2.52. The van der Waals surface area contributed by atoms with Gasteiger partial charge in [0, 0.05) is 36.9 Å². The van der Waals surface area contributed by atoms with E-state index in [-0.39, 0.29) is 24.2 Å². The Morgan fingerprint density at radius 1 is 1.35 bits per heavy atom. The molecule has 1 aromatic rings. The highest BCUT2D eigenvalue weighted by Gasteiger charge is 2.17. The highest BCUT2D eigenvalue weighted by molar-refractivity contribution is 5.73. The van der Waals surface area contributed by atoms with Crippen molar-refractivity contribution in [3.8, 4) is 0 Å². The fourth-order valence-electron chi connectivity index (χ4n) is 2.72. The number of rotatable bonds is 5. The van der Waals surface area contributed by atoms with E-state index in [9.17, 15) is 9.59 Å². The number of nitrogens with one attached hydrogen (secondary N) is 3. The molecule has 0 aromatic carbocycles. The second-order valence-electron chi connectivity index (χ2n) is 6.00. The smallest absolute Gasteiger partial charge is 0.315 e. The van der Waals surface area contributed by atoms with Gasteiger partial charge in [0.1, 0.15) is 0 Å². The predicted molar refractivity (Wildman–Crippen MR) is 88.6 cm³/mol. The van der Waals surface area contributed by atoms with E-state index < -0.39 is 0 Å².